The molecule has 1 atom stereocenters. The van der Waals surface area contributed by atoms with Crippen molar-refractivity contribution in [3.05, 3.63) is 24.7 Å². The first-order valence-corrected chi connectivity index (χ1v) is 4.70. The van der Waals surface area contributed by atoms with Crippen molar-refractivity contribution in [3.8, 4) is 0 Å². The van der Waals surface area contributed by atoms with Gasteiger partial charge in [-0.1, -0.05) is 13.2 Å². The molecular weight excluding hydrogens is 214 g/mol. The Labute approximate surface area is 94.1 Å². The van der Waals surface area contributed by atoms with Crippen molar-refractivity contribution in [2.24, 2.45) is 0 Å². The predicted molar refractivity (Wildman–Crippen MR) is 57.8 cm³/mol. The average molecular weight is 231 g/mol. The summed E-state index contributed by atoms with van der Waals surface area (Å²) < 4.78 is 4.69. The molecule has 0 radical (unpaired) electrons. The minimum absolute atomic E-state index is 0.168. The molecule has 0 aromatic rings. The second kappa shape index (κ2) is 6.86. The van der Waals surface area contributed by atoms with Crippen LogP contribution in [0.3, 0.4) is 0 Å². The molecule has 0 aliphatic rings. The third-order valence-electron chi connectivity index (χ3n) is 1.59. The van der Waals surface area contributed by atoms with Gasteiger partial charge in [-0.15, -0.1) is 0 Å². The average Bonchev–Trinajstić information content (AvgIpc) is 2.14. The lowest BCUT2D eigenvalue weighted by Crippen LogP contribution is -2.42. The summed E-state index contributed by atoms with van der Waals surface area (Å²) in [5, 5.41) is 27.2. The van der Waals surface area contributed by atoms with Crippen molar-refractivity contribution >= 4 is 5.91 Å². The third-order valence-corrected chi connectivity index (χ3v) is 1.59. The molecule has 0 aromatic carbocycles. The van der Waals surface area contributed by atoms with Crippen molar-refractivity contribution < 1.29 is 24.9 Å². The van der Waals surface area contributed by atoms with E-state index in [0.717, 1.165) is 4.90 Å². The summed E-state index contributed by atoms with van der Waals surface area (Å²) in [6.45, 7) is 7.81. The van der Waals surface area contributed by atoms with Gasteiger partial charge >= 0.3 is 0 Å². The Kier molecular flexibility index (Phi) is 6.21. The topological polar surface area (TPSA) is 90.2 Å². The third kappa shape index (κ3) is 5.38. The van der Waals surface area contributed by atoms with Crippen LogP contribution in [-0.4, -0.2) is 52.1 Å². The molecule has 3 N–H and O–H groups in total. The van der Waals surface area contributed by atoms with Gasteiger partial charge in [0.05, 0.1) is 13.1 Å². The highest BCUT2D eigenvalue weighted by Crippen LogP contribution is 2.02. The minimum Gasteiger partial charge on any atom is -0.511 e. The van der Waals surface area contributed by atoms with Crippen LogP contribution < -0.4 is 0 Å². The summed E-state index contributed by atoms with van der Waals surface area (Å²) in [7, 11) is 0. The van der Waals surface area contributed by atoms with Crippen LogP contribution in [0.1, 0.15) is 6.92 Å². The molecule has 0 fully saturated rings. The van der Waals surface area contributed by atoms with Crippen LogP contribution in [0.25, 0.3) is 0 Å². The van der Waals surface area contributed by atoms with Gasteiger partial charge in [0.2, 0.25) is 6.29 Å². The monoisotopic (exact) mass is 231 g/mol. The fourth-order valence-electron chi connectivity index (χ4n) is 1.04. The highest BCUT2D eigenvalue weighted by atomic mass is 16.6. The van der Waals surface area contributed by atoms with Gasteiger partial charge in [0.15, 0.2) is 0 Å². The first kappa shape index (κ1) is 14.5. The molecule has 0 saturated heterocycles. The summed E-state index contributed by atoms with van der Waals surface area (Å²) in [5.74, 6) is -1.30. The Hall–Kier alpha value is -1.53. The van der Waals surface area contributed by atoms with E-state index in [9.17, 15) is 9.90 Å². The lowest BCUT2D eigenvalue weighted by Gasteiger charge is -2.23. The Morgan fingerprint density at radius 3 is 2.06 bits per heavy atom. The van der Waals surface area contributed by atoms with E-state index in [1.54, 1.807) is 6.92 Å². The summed E-state index contributed by atoms with van der Waals surface area (Å²) >= 11 is 0. The van der Waals surface area contributed by atoms with Crippen molar-refractivity contribution in [1.82, 2.24) is 4.90 Å². The standard InChI is InChI=1S/C10H17NO5/c1-4-16-10(15)9(14)11(5-7(2)12)6-8(3)13/h10,12-13,15H,2-6H2,1H3. The smallest absolute Gasteiger partial charge is 0.280 e. The molecule has 0 aromatic heterocycles. The SMILES string of the molecule is C=C(O)CN(CC(=C)O)C(=O)C(O)OCC. The molecule has 1 unspecified atom stereocenters. The van der Waals surface area contributed by atoms with E-state index >= 15 is 0 Å². The summed E-state index contributed by atoms with van der Waals surface area (Å²) in [6.07, 6.45) is -1.62. The highest BCUT2D eigenvalue weighted by Gasteiger charge is 2.23. The van der Waals surface area contributed by atoms with E-state index in [2.05, 4.69) is 17.9 Å². The van der Waals surface area contributed by atoms with Gasteiger partial charge in [-0.25, -0.2) is 0 Å². The van der Waals surface area contributed by atoms with Crippen LogP contribution in [-0.2, 0) is 9.53 Å². The number of hydrogen-bond donors (Lipinski definition) is 3. The predicted octanol–water partition coefficient (Wildman–Crippen LogP) is 0.313. The molecule has 1 amide bonds. The molecule has 0 heterocycles. The molecule has 6 nitrogen and oxygen atoms in total. The number of aliphatic hydroxyl groups excluding tert-OH is 3. The number of hydrogen-bond acceptors (Lipinski definition) is 5. The van der Waals surface area contributed by atoms with Gasteiger partial charge in [-0.2, -0.15) is 0 Å². The summed E-state index contributed by atoms with van der Waals surface area (Å²) in [4.78, 5) is 12.5. The number of ether oxygens (including phenoxy) is 1. The minimum atomic E-state index is -1.62. The van der Waals surface area contributed by atoms with E-state index in [0.29, 0.717) is 0 Å². The largest absolute Gasteiger partial charge is 0.511 e. The lowest BCUT2D eigenvalue weighted by atomic mass is 10.3. The van der Waals surface area contributed by atoms with Crippen molar-refractivity contribution in [1.29, 1.82) is 0 Å². The molecule has 0 spiro atoms. The second-order valence-corrected chi connectivity index (χ2v) is 3.13. The highest BCUT2D eigenvalue weighted by molar-refractivity contribution is 5.79. The van der Waals surface area contributed by atoms with Gasteiger partial charge in [-0.05, 0) is 6.92 Å². The zero-order chi connectivity index (χ0) is 12.7. The van der Waals surface area contributed by atoms with E-state index in [1.807, 2.05) is 0 Å². The van der Waals surface area contributed by atoms with E-state index in [1.165, 1.54) is 0 Å². The normalized spacial score (nSPS) is 11.9. The molecular formula is C10H17NO5. The first-order valence-electron chi connectivity index (χ1n) is 4.70. The van der Waals surface area contributed by atoms with Crippen LogP contribution >= 0.6 is 0 Å². The molecule has 0 saturated carbocycles. The van der Waals surface area contributed by atoms with E-state index < -0.39 is 12.2 Å². The number of rotatable bonds is 7. The van der Waals surface area contributed by atoms with Gasteiger partial charge in [0.1, 0.15) is 11.5 Å². The number of carbonyl (C=O) groups excluding carboxylic acids is 1. The van der Waals surface area contributed by atoms with Crippen molar-refractivity contribution in [3.63, 3.8) is 0 Å². The Balaban J connectivity index is 4.54. The van der Waals surface area contributed by atoms with Crippen molar-refractivity contribution in [2.75, 3.05) is 19.7 Å². The zero-order valence-electron chi connectivity index (χ0n) is 9.22. The fraction of sp³-hybridized carbons (Fsp3) is 0.500. The molecule has 16 heavy (non-hydrogen) atoms. The van der Waals surface area contributed by atoms with Crippen LogP contribution in [0.2, 0.25) is 0 Å². The van der Waals surface area contributed by atoms with Gasteiger partial charge in [0.25, 0.3) is 5.91 Å². The molecule has 0 bridgehead atoms. The maximum absolute atomic E-state index is 11.6. The van der Waals surface area contributed by atoms with E-state index in [4.69, 9.17) is 10.2 Å². The van der Waals surface area contributed by atoms with Crippen LogP contribution in [0.5, 0.6) is 0 Å². The molecule has 0 aliphatic carbocycles. The number of aliphatic hydroxyl groups is 3. The summed E-state index contributed by atoms with van der Waals surface area (Å²) in [6, 6.07) is 0. The lowest BCUT2D eigenvalue weighted by molar-refractivity contribution is -0.168. The second-order valence-electron chi connectivity index (χ2n) is 3.13. The van der Waals surface area contributed by atoms with Gasteiger partial charge < -0.3 is 25.0 Å². The molecule has 0 aliphatic heterocycles. The Morgan fingerprint density at radius 1 is 1.31 bits per heavy atom. The first-order chi connectivity index (χ1) is 7.38. The van der Waals surface area contributed by atoms with Crippen LogP contribution in [0, 0.1) is 0 Å². The maximum atomic E-state index is 11.6. The summed E-state index contributed by atoms with van der Waals surface area (Å²) in [5.41, 5.74) is 0. The molecule has 6 heteroatoms. The maximum Gasteiger partial charge on any atom is 0.280 e. The van der Waals surface area contributed by atoms with Gasteiger partial charge in [0, 0.05) is 6.61 Å². The fourth-order valence-corrected chi connectivity index (χ4v) is 1.04. The van der Waals surface area contributed by atoms with Crippen LogP contribution in [0.4, 0.5) is 0 Å². The molecule has 0 rings (SSSR count). The number of amides is 1. The van der Waals surface area contributed by atoms with Crippen molar-refractivity contribution in [2.45, 2.75) is 13.2 Å². The quantitative estimate of drug-likeness (QED) is 0.433. The Bertz CT molecular complexity index is 260. The molecule has 92 valence electrons. The number of nitrogens with zero attached hydrogens (tertiary/aromatic N) is 1. The number of carbonyl (C=O) groups is 1. The Morgan fingerprint density at radius 2 is 1.75 bits per heavy atom. The van der Waals surface area contributed by atoms with Crippen LogP contribution in [0.15, 0.2) is 24.7 Å². The zero-order valence-corrected chi connectivity index (χ0v) is 9.22. The van der Waals surface area contributed by atoms with Gasteiger partial charge in [-0.3, -0.25) is 4.79 Å². The van der Waals surface area contributed by atoms with E-state index in [-0.39, 0.29) is 31.2 Å².